The predicted molar refractivity (Wildman–Crippen MR) is 245 cm³/mol. The van der Waals surface area contributed by atoms with Crippen molar-refractivity contribution in [2.24, 2.45) is 0 Å². The van der Waals surface area contributed by atoms with Crippen LogP contribution in [0.5, 0.6) is 0 Å². The van der Waals surface area contributed by atoms with E-state index in [1.165, 1.54) is 11.6 Å². The van der Waals surface area contributed by atoms with Crippen LogP contribution in [0.4, 0.5) is 4.39 Å². The Morgan fingerprint density at radius 1 is 0.867 bits per heavy atom. The molecule has 0 fully saturated rings. The summed E-state index contributed by atoms with van der Waals surface area (Å²) in [4.78, 5) is 14.2. The molecule has 0 aliphatic heterocycles. The summed E-state index contributed by atoms with van der Waals surface area (Å²) in [6.45, 7) is 7.98. The van der Waals surface area contributed by atoms with E-state index in [1.54, 1.807) is 26.1 Å². The maximum absolute atomic E-state index is 14.5. The number of furan rings is 1. The van der Waals surface area contributed by atoms with Gasteiger partial charge in [-0.15, -0.1) is 0 Å². The number of rotatable bonds is 6. The molecule has 4 heterocycles. The van der Waals surface area contributed by atoms with E-state index in [2.05, 4.69) is 121 Å². The first-order valence-corrected chi connectivity index (χ1v) is 27.1. The molecule has 0 saturated carbocycles. The Bertz CT molecular complexity index is 3140. The van der Waals surface area contributed by atoms with Gasteiger partial charge in [0.15, 0.2) is 0 Å². The van der Waals surface area contributed by atoms with Crippen LogP contribution in [0.15, 0.2) is 132 Å². The third-order valence-electron chi connectivity index (χ3n) is 10.5. The largest absolute Gasteiger partial charge is 0 e. The summed E-state index contributed by atoms with van der Waals surface area (Å²) >= 11 is -2.25. The number of benzene rings is 5. The molecule has 9 rings (SSSR count). The van der Waals surface area contributed by atoms with E-state index >= 15 is 0 Å². The Morgan fingerprint density at radius 3 is 2.32 bits per heavy atom. The molecule has 60 heavy (non-hydrogen) atoms. The average molecular weight is 1030 g/mol. The molecule has 0 aliphatic carbocycles. The molecule has 4 aromatic heterocycles. The quantitative estimate of drug-likeness (QED) is 0.123. The number of hydrogen-bond donors (Lipinski definition) is 0. The van der Waals surface area contributed by atoms with Crippen molar-refractivity contribution in [2.45, 2.75) is 70.0 Å². The van der Waals surface area contributed by atoms with Gasteiger partial charge in [-0.1, -0.05) is 99.1 Å². The van der Waals surface area contributed by atoms with Gasteiger partial charge < -0.3 is 14.0 Å². The van der Waals surface area contributed by atoms with E-state index in [0.717, 1.165) is 77.3 Å². The van der Waals surface area contributed by atoms with Crippen molar-refractivity contribution in [1.82, 2.24) is 19.5 Å². The van der Waals surface area contributed by atoms with Gasteiger partial charge in [0.05, 0.1) is 22.4 Å². The van der Waals surface area contributed by atoms with Crippen LogP contribution in [0.3, 0.4) is 0 Å². The van der Waals surface area contributed by atoms with E-state index in [-0.39, 0.29) is 36.6 Å². The molecule has 0 spiro atoms. The molecule has 0 amide bonds. The number of aryl methyl sites for hydroxylation is 1. The molecule has 1 radical (unpaired) electrons. The smallest absolute Gasteiger partial charge is 0 e. The standard InChI is InChI=1S/C34H26N3O.C18H23FGeN.Ir/c1-34(2,3)24-17-18-28(26(20-24)22-11-5-4-6-12-22)37-29-15-9-8-14-27(29)36-33(37)23-19-31-32(35-21-23)25-13-7-10-16-30(25)38-31;1-12(2)15-10-18(21-11-17(15)20(4,5)6)14-8-7-13(3)9-16(14)19;/h4-20H,1-3H3;7,9-12H,1-6H3;/q2*-1;/i;3D3,12D;. The zero-order valence-electron chi connectivity index (χ0n) is 39.0. The SMILES string of the molecule is CC(C)(C)c1ccc(-n2c(-c3[c-]nc4c(c3)oc3ccccc34)nc3ccccc32)c(-c2ccccc2)c1.[2H]C([2H])([2H])c1c[c-]c(-c2cc(C([2H])(C)C)[c]([Ge]([CH3])([CH3])[CH3])cn2)c(F)c1.[Ir]. The Kier molecular flexibility index (Phi) is 10.7. The third kappa shape index (κ3) is 8.54. The minimum absolute atomic E-state index is 0. The summed E-state index contributed by atoms with van der Waals surface area (Å²) in [5, 5.41) is 0.989. The first-order chi connectivity index (χ1) is 29.7. The van der Waals surface area contributed by atoms with Crippen molar-refractivity contribution >= 4 is 50.8 Å². The number of pyridine rings is 2. The number of hydrogen-bond acceptors (Lipinski definition) is 4. The number of nitrogens with zero attached hydrogens (tertiary/aromatic N) is 4. The van der Waals surface area contributed by atoms with Crippen molar-refractivity contribution in [3.63, 3.8) is 0 Å². The minimum atomic E-state index is -2.37. The Hall–Kier alpha value is -5.21. The number of fused-ring (bicyclic) bond motifs is 4. The summed E-state index contributed by atoms with van der Waals surface area (Å²) in [7, 11) is 0. The first kappa shape index (κ1) is 37.8. The van der Waals surface area contributed by atoms with Gasteiger partial charge in [-0.25, -0.2) is 0 Å². The molecular weight excluding hydrogens is 980 g/mol. The molecule has 5 aromatic carbocycles. The monoisotopic (exact) mass is 1040 g/mol. The zero-order valence-corrected chi connectivity index (χ0v) is 39.5. The summed E-state index contributed by atoms with van der Waals surface area (Å²) in [6.07, 6.45) is 5.03. The normalized spacial score (nSPS) is 13.2. The van der Waals surface area contributed by atoms with E-state index in [9.17, 15) is 4.39 Å². The van der Waals surface area contributed by atoms with Crippen molar-refractivity contribution in [1.29, 1.82) is 0 Å². The molecule has 0 bridgehead atoms. The van der Waals surface area contributed by atoms with Gasteiger partial charge >= 0.3 is 135 Å². The molecule has 305 valence electrons. The minimum Gasteiger partial charge on any atom is 0 e. The molecule has 0 aliphatic rings. The second kappa shape index (κ2) is 17.0. The summed E-state index contributed by atoms with van der Waals surface area (Å²) < 4.78 is 54.5. The van der Waals surface area contributed by atoms with Crippen LogP contribution in [0.2, 0.25) is 17.3 Å². The molecule has 0 saturated heterocycles. The summed E-state index contributed by atoms with van der Waals surface area (Å²) in [5.74, 6) is 5.96. The number of halogens is 1. The van der Waals surface area contributed by atoms with Crippen LogP contribution in [0.1, 0.15) is 62.7 Å². The van der Waals surface area contributed by atoms with Crippen molar-refractivity contribution in [3.8, 4) is 39.5 Å². The second-order valence-corrected chi connectivity index (χ2v) is 27.7. The zero-order chi connectivity index (χ0) is 45.1. The van der Waals surface area contributed by atoms with Gasteiger partial charge in [0.2, 0.25) is 0 Å². The van der Waals surface area contributed by atoms with Crippen molar-refractivity contribution in [2.75, 3.05) is 0 Å². The van der Waals surface area contributed by atoms with E-state index in [0.29, 0.717) is 5.69 Å². The van der Waals surface area contributed by atoms with Crippen molar-refractivity contribution in [3.05, 3.63) is 162 Å². The van der Waals surface area contributed by atoms with Crippen LogP contribution in [-0.2, 0) is 25.5 Å². The van der Waals surface area contributed by atoms with Crippen LogP contribution in [0, 0.1) is 24.9 Å². The van der Waals surface area contributed by atoms with Crippen molar-refractivity contribution < 1.29 is 34.4 Å². The van der Waals surface area contributed by atoms with Gasteiger partial charge in [-0.05, 0) is 53.1 Å². The maximum atomic E-state index is 14.5. The number of para-hydroxylation sites is 3. The number of imidazole rings is 1. The molecule has 0 N–H and O–H groups in total. The van der Waals surface area contributed by atoms with E-state index < -0.39 is 31.8 Å². The number of aromatic nitrogens is 4. The third-order valence-corrected chi connectivity index (χ3v) is 14.8. The fraction of sp³-hybridized carbons (Fsp3) is 0.212. The maximum Gasteiger partial charge on any atom is 0 e. The topological polar surface area (TPSA) is 56.7 Å². The first-order valence-electron chi connectivity index (χ1n) is 21.8. The molecule has 5 nitrogen and oxygen atoms in total. The van der Waals surface area contributed by atoms with Gasteiger partial charge in [0.1, 0.15) is 5.58 Å². The predicted octanol–water partition coefficient (Wildman–Crippen LogP) is 13.4. The van der Waals surface area contributed by atoms with E-state index in [1.807, 2.05) is 42.5 Å². The fourth-order valence-electron chi connectivity index (χ4n) is 7.42. The van der Waals surface area contributed by atoms with Gasteiger partial charge in [0.25, 0.3) is 0 Å². The Morgan fingerprint density at radius 2 is 1.60 bits per heavy atom. The van der Waals surface area contributed by atoms with Crippen LogP contribution in [0.25, 0.3) is 72.6 Å². The van der Waals surface area contributed by atoms with Gasteiger partial charge in [-0.2, -0.15) is 0 Å². The van der Waals surface area contributed by atoms with Crippen LogP contribution < -0.4 is 4.40 Å². The molecule has 9 aromatic rings. The molecule has 8 heteroatoms. The molecule has 0 atom stereocenters. The molecule has 0 unspecified atom stereocenters. The molecular formula is C52H49FGeIrN4O-2. The average Bonchev–Trinajstić information content (AvgIpc) is 3.81. The van der Waals surface area contributed by atoms with Gasteiger partial charge in [-0.3, -0.25) is 4.98 Å². The van der Waals surface area contributed by atoms with Gasteiger partial charge in [0, 0.05) is 42.3 Å². The van der Waals surface area contributed by atoms with Crippen LogP contribution in [-0.4, -0.2) is 32.8 Å². The summed E-state index contributed by atoms with van der Waals surface area (Å²) in [5.41, 5.74) is 11.0. The fourth-order valence-corrected chi connectivity index (χ4v) is 10.7. The Labute approximate surface area is 374 Å². The van der Waals surface area contributed by atoms with E-state index in [4.69, 9.17) is 19.9 Å². The second-order valence-electron chi connectivity index (χ2n) is 17.2. The summed E-state index contributed by atoms with van der Waals surface area (Å²) in [6, 6.07) is 42.3. The van der Waals surface area contributed by atoms with Crippen LogP contribution >= 0.6 is 0 Å². The Balaban J connectivity index is 0.000000206.